The van der Waals surface area contributed by atoms with E-state index in [1.54, 1.807) is 12.1 Å². The molecule has 1 heterocycles. The largest absolute Gasteiger partial charge is 0.396 e. The number of benzene rings is 1. The summed E-state index contributed by atoms with van der Waals surface area (Å²) < 4.78 is 27.2. The Morgan fingerprint density at radius 3 is 2.74 bits per heavy atom. The molecule has 0 saturated carbocycles. The van der Waals surface area contributed by atoms with Gasteiger partial charge in [-0.3, -0.25) is 9.80 Å². The monoisotopic (exact) mass is 326 g/mol. The molecule has 2 rings (SSSR count). The number of aliphatic hydroxyl groups is 1. The molecule has 1 aliphatic heterocycles. The minimum Gasteiger partial charge on any atom is -0.396 e. The molecule has 1 saturated heterocycles. The van der Waals surface area contributed by atoms with Gasteiger partial charge >= 0.3 is 0 Å². The molecule has 0 spiro atoms. The first-order valence-corrected chi connectivity index (χ1v) is 8.51. The SMILES string of the molecule is CC(C)CCN1CCN(Cc2cccc(F)c2F)CC1CCO. The van der Waals surface area contributed by atoms with Crippen LogP contribution in [0, 0.1) is 17.6 Å². The average Bonchev–Trinajstić information content (AvgIpc) is 2.51. The van der Waals surface area contributed by atoms with Crippen molar-refractivity contribution in [3.63, 3.8) is 0 Å². The van der Waals surface area contributed by atoms with E-state index in [9.17, 15) is 13.9 Å². The summed E-state index contributed by atoms with van der Waals surface area (Å²) in [5, 5.41) is 9.32. The van der Waals surface area contributed by atoms with Crippen LogP contribution in [0.15, 0.2) is 18.2 Å². The Morgan fingerprint density at radius 1 is 1.26 bits per heavy atom. The van der Waals surface area contributed by atoms with Crippen molar-refractivity contribution in [1.82, 2.24) is 9.80 Å². The van der Waals surface area contributed by atoms with Gasteiger partial charge in [0.05, 0.1) is 0 Å². The summed E-state index contributed by atoms with van der Waals surface area (Å²) in [7, 11) is 0. The minimum atomic E-state index is -0.787. The van der Waals surface area contributed by atoms with Crippen molar-refractivity contribution < 1.29 is 13.9 Å². The van der Waals surface area contributed by atoms with E-state index < -0.39 is 11.6 Å². The number of hydrogen-bond acceptors (Lipinski definition) is 3. The zero-order valence-electron chi connectivity index (χ0n) is 14.1. The smallest absolute Gasteiger partial charge is 0.163 e. The van der Waals surface area contributed by atoms with E-state index in [0.29, 0.717) is 18.0 Å². The molecule has 0 amide bonds. The number of aliphatic hydroxyl groups excluding tert-OH is 1. The van der Waals surface area contributed by atoms with Crippen LogP contribution in [0.5, 0.6) is 0 Å². The molecule has 0 bridgehead atoms. The fourth-order valence-electron chi connectivity index (χ4n) is 3.15. The van der Waals surface area contributed by atoms with Gasteiger partial charge in [-0.1, -0.05) is 26.0 Å². The van der Waals surface area contributed by atoms with Crippen LogP contribution in [0.3, 0.4) is 0 Å². The first-order valence-electron chi connectivity index (χ1n) is 8.51. The van der Waals surface area contributed by atoms with Gasteiger partial charge in [-0.15, -0.1) is 0 Å². The molecule has 1 aliphatic rings. The topological polar surface area (TPSA) is 26.7 Å². The van der Waals surface area contributed by atoms with E-state index >= 15 is 0 Å². The third-order valence-corrected chi connectivity index (χ3v) is 4.57. The summed E-state index contributed by atoms with van der Waals surface area (Å²) in [6.45, 7) is 8.58. The zero-order valence-corrected chi connectivity index (χ0v) is 14.1. The second kappa shape index (κ2) is 8.71. The summed E-state index contributed by atoms with van der Waals surface area (Å²) in [5.41, 5.74) is 0.406. The Morgan fingerprint density at radius 2 is 2.04 bits per heavy atom. The summed E-state index contributed by atoms with van der Waals surface area (Å²) in [5.74, 6) is -0.873. The molecule has 0 aliphatic carbocycles. The van der Waals surface area contributed by atoms with Gasteiger partial charge in [-0.05, 0) is 31.4 Å². The van der Waals surface area contributed by atoms with E-state index in [0.717, 1.165) is 45.1 Å². The highest BCUT2D eigenvalue weighted by Crippen LogP contribution is 2.19. The number of nitrogens with zero attached hydrogens (tertiary/aromatic N) is 2. The van der Waals surface area contributed by atoms with Gasteiger partial charge in [-0.25, -0.2) is 8.78 Å². The molecule has 0 radical (unpaired) electrons. The highest BCUT2D eigenvalue weighted by molar-refractivity contribution is 5.19. The zero-order chi connectivity index (χ0) is 16.8. The maximum atomic E-state index is 13.8. The van der Waals surface area contributed by atoms with E-state index in [2.05, 4.69) is 23.6 Å². The van der Waals surface area contributed by atoms with Crippen LogP contribution in [0.1, 0.15) is 32.3 Å². The van der Waals surface area contributed by atoms with Gasteiger partial charge in [0.25, 0.3) is 0 Å². The van der Waals surface area contributed by atoms with E-state index in [-0.39, 0.29) is 12.6 Å². The Labute approximate surface area is 137 Å². The Bertz CT molecular complexity index is 496. The van der Waals surface area contributed by atoms with E-state index in [1.165, 1.54) is 0 Å². The Hall–Kier alpha value is -1.04. The highest BCUT2D eigenvalue weighted by atomic mass is 19.2. The van der Waals surface area contributed by atoms with Gasteiger partial charge in [0, 0.05) is 44.4 Å². The summed E-state index contributed by atoms with van der Waals surface area (Å²) in [6, 6.07) is 4.63. The van der Waals surface area contributed by atoms with Gasteiger partial charge < -0.3 is 5.11 Å². The summed E-state index contributed by atoms with van der Waals surface area (Å²) in [4.78, 5) is 4.58. The first-order chi connectivity index (χ1) is 11.0. The van der Waals surface area contributed by atoms with Crippen LogP contribution in [0.4, 0.5) is 8.78 Å². The molecule has 23 heavy (non-hydrogen) atoms. The van der Waals surface area contributed by atoms with Crippen molar-refractivity contribution in [3.8, 4) is 0 Å². The predicted octanol–water partition coefficient (Wildman–Crippen LogP) is 2.88. The van der Waals surface area contributed by atoms with Crippen molar-refractivity contribution in [1.29, 1.82) is 0 Å². The lowest BCUT2D eigenvalue weighted by molar-refractivity contribution is 0.0518. The van der Waals surface area contributed by atoms with Crippen LogP contribution in [-0.2, 0) is 6.54 Å². The molecule has 3 nitrogen and oxygen atoms in total. The lowest BCUT2D eigenvalue weighted by Gasteiger charge is -2.41. The lowest BCUT2D eigenvalue weighted by Crippen LogP contribution is -2.53. The van der Waals surface area contributed by atoms with Crippen molar-refractivity contribution in [2.24, 2.45) is 5.92 Å². The average molecular weight is 326 g/mol. The van der Waals surface area contributed by atoms with Crippen LogP contribution in [0.2, 0.25) is 0 Å². The normalized spacial score (nSPS) is 20.3. The molecular weight excluding hydrogens is 298 g/mol. The lowest BCUT2D eigenvalue weighted by atomic mass is 10.0. The van der Waals surface area contributed by atoms with Gasteiger partial charge in [-0.2, -0.15) is 0 Å². The fourth-order valence-corrected chi connectivity index (χ4v) is 3.15. The molecule has 1 atom stereocenters. The molecule has 1 aromatic carbocycles. The molecule has 1 aromatic rings. The minimum absolute atomic E-state index is 0.158. The van der Waals surface area contributed by atoms with Crippen molar-refractivity contribution in [2.75, 3.05) is 32.8 Å². The van der Waals surface area contributed by atoms with Crippen LogP contribution in [-0.4, -0.2) is 53.7 Å². The molecule has 5 heteroatoms. The maximum absolute atomic E-state index is 13.8. The van der Waals surface area contributed by atoms with Crippen molar-refractivity contribution in [2.45, 2.75) is 39.3 Å². The Kier molecular flexibility index (Phi) is 6.93. The number of piperazine rings is 1. The third kappa shape index (κ3) is 5.23. The molecule has 130 valence electrons. The number of halogens is 2. The first kappa shape index (κ1) is 18.3. The number of rotatable bonds is 7. The second-order valence-electron chi connectivity index (χ2n) is 6.83. The molecular formula is C18H28F2N2O. The third-order valence-electron chi connectivity index (χ3n) is 4.57. The second-order valence-corrected chi connectivity index (χ2v) is 6.83. The number of hydrogen-bond donors (Lipinski definition) is 1. The summed E-state index contributed by atoms with van der Waals surface area (Å²) >= 11 is 0. The molecule has 1 N–H and O–H groups in total. The maximum Gasteiger partial charge on any atom is 0.163 e. The fraction of sp³-hybridized carbons (Fsp3) is 0.667. The molecule has 1 unspecified atom stereocenters. The van der Waals surface area contributed by atoms with E-state index in [1.807, 2.05) is 0 Å². The Balaban J connectivity index is 1.96. The quantitative estimate of drug-likeness (QED) is 0.835. The highest BCUT2D eigenvalue weighted by Gasteiger charge is 2.27. The molecule has 0 aromatic heterocycles. The van der Waals surface area contributed by atoms with Crippen molar-refractivity contribution in [3.05, 3.63) is 35.4 Å². The van der Waals surface area contributed by atoms with Crippen LogP contribution >= 0.6 is 0 Å². The van der Waals surface area contributed by atoms with Gasteiger partial charge in [0.1, 0.15) is 0 Å². The van der Waals surface area contributed by atoms with Crippen LogP contribution < -0.4 is 0 Å². The van der Waals surface area contributed by atoms with E-state index in [4.69, 9.17) is 0 Å². The predicted molar refractivity (Wildman–Crippen MR) is 88.2 cm³/mol. The van der Waals surface area contributed by atoms with Crippen molar-refractivity contribution >= 4 is 0 Å². The standard InChI is InChI=1S/C18H28F2N2O/c1-14(2)6-8-22-10-9-21(13-16(22)7-11-23)12-15-4-3-5-17(19)18(15)20/h3-5,14,16,23H,6-13H2,1-2H3. The van der Waals surface area contributed by atoms with Crippen LogP contribution in [0.25, 0.3) is 0 Å². The van der Waals surface area contributed by atoms with Gasteiger partial charge in [0.2, 0.25) is 0 Å². The molecule has 1 fully saturated rings. The van der Waals surface area contributed by atoms with Gasteiger partial charge in [0.15, 0.2) is 11.6 Å². The summed E-state index contributed by atoms with van der Waals surface area (Å²) in [6.07, 6.45) is 1.86.